The van der Waals surface area contributed by atoms with E-state index < -0.39 is 5.56 Å². The summed E-state index contributed by atoms with van der Waals surface area (Å²) in [6, 6.07) is 0.000509. The number of ketones is 1. The predicted octanol–water partition coefficient (Wildman–Crippen LogP) is 1.10. The van der Waals surface area contributed by atoms with E-state index in [1.165, 1.54) is 17.7 Å². The van der Waals surface area contributed by atoms with Gasteiger partial charge in [-0.1, -0.05) is 0 Å². The third-order valence-electron chi connectivity index (χ3n) is 3.90. The number of carbonyl (C=O) groups is 1. The van der Waals surface area contributed by atoms with E-state index in [0.717, 1.165) is 25.7 Å². The van der Waals surface area contributed by atoms with E-state index in [1.54, 1.807) is 0 Å². The summed E-state index contributed by atoms with van der Waals surface area (Å²) < 4.78 is 1.30. The average molecular weight is 248 g/mol. The highest BCUT2D eigenvalue weighted by molar-refractivity contribution is 5.93. The van der Waals surface area contributed by atoms with Crippen LogP contribution in [0.2, 0.25) is 0 Å². The number of nitrogens with one attached hydrogen (secondary N) is 1. The van der Waals surface area contributed by atoms with Gasteiger partial charge in [0.2, 0.25) is 0 Å². The van der Waals surface area contributed by atoms with Crippen molar-refractivity contribution >= 4 is 5.78 Å². The lowest BCUT2D eigenvalue weighted by molar-refractivity contribution is 0.101. The Morgan fingerprint density at radius 2 is 1.83 bits per heavy atom. The van der Waals surface area contributed by atoms with Crippen LogP contribution in [0, 0.1) is 11.8 Å². The summed E-state index contributed by atoms with van der Waals surface area (Å²) in [6.45, 7) is 1.35. The lowest BCUT2D eigenvalue weighted by Gasteiger charge is -2.18. The molecule has 18 heavy (non-hydrogen) atoms. The molecule has 5 nitrogen and oxygen atoms in total. The van der Waals surface area contributed by atoms with Gasteiger partial charge in [-0.05, 0) is 44.4 Å². The molecule has 96 valence electrons. The van der Waals surface area contributed by atoms with Crippen molar-refractivity contribution in [2.24, 2.45) is 11.8 Å². The number of hydrogen-bond donors (Lipinski definition) is 1. The van der Waals surface area contributed by atoms with Crippen LogP contribution in [0.3, 0.4) is 0 Å². The Bertz CT molecular complexity index is 593. The van der Waals surface area contributed by atoms with Gasteiger partial charge < -0.3 is 4.98 Å². The number of Topliss-reactive ketones (excluding diaryl/α,β-unsaturated/α-hetero) is 1. The molecule has 2 aliphatic rings. The van der Waals surface area contributed by atoms with Crippen LogP contribution in [0.5, 0.6) is 0 Å². The standard InChI is InChI=1S/C13H16N2O3/c1-7(16)10-6-14-13(18)15(12(10)17)11(8-2-3-8)9-4-5-9/h6,8-9,11H,2-5H2,1H3,(H,14,18). The molecule has 3 rings (SSSR count). The van der Waals surface area contributed by atoms with Crippen LogP contribution in [0.1, 0.15) is 49.0 Å². The van der Waals surface area contributed by atoms with Crippen molar-refractivity contribution in [3.05, 3.63) is 32.6 Å². The molecule has 0 spiro atoms. The minimum absolute atomic E-state index is 0.000509. The minimum atomic E-state index is -0.421. The summed E-state index contributed by atoms with van der Waals surface area (Å²) in [6.07, 6.45) is 5.56. The number of aromatic amines is 1. The largest absolute Gasteiger partial charge is 0.328 e. The molecule has 2 fully saturated rings. The summed E-state index contributed by atoms with van der Waals surface area (Å²) in [4.78, 5) is 38.1. The molecule has 0 atom stereocenters. The third kappa shape index (κ3) is 1.83. The molecule has 1 aromatic heterocycles. The normalized spacial score (nSPS) is 19.2. The molecule has 0 aromatic carbocycles. The van der Waals surface area contributed by atoms with Crippen LogP contribution in [-0.4, -0.2) is 15.3 Å². The first-order valence-electron chi connectivity index (χ1n) is 6.44. The molecule has 0 aliphatic heterocycles. The molecule has 5 heteroatoms. The summed E-state index contributed by atoms with van der Waals surface area (Å²) in [5.41, 5.74) is -0.718. The Morgan fingerprint density at radius 3 is 2.28 bits per heavy atom. The minimum Gasteiger partial charge on any atom is -0.313 e. The smallest absolute Gasteiger partial charge is 0.313 e. The quantitative estimate of drug-likeness (QED) is 0.811. The Labute approximate surface area is 104 Å². The van der Waals surface area contributed by atoms with Gasteiger partial charge >= 0.3 is 5.69 Å². The predicted molar refractivity (Wildman–Crippen MR) is 65.8 cm³/mol. The molecule has 0 saturated heterocycles. The van der Waals surface area contributed by atoms with Crippen LogP contribution >= 0.6 is 0 Å². The Hall–Kier alpha value is -1.65. The van der Waals surface area contributed by atoms with Crippen molar-refractivity contribution in [1.82, 2.24) is 9.55 Å². The van der Waals surface area contributed by atoms with E-state index in [9.17, 15) is 14.4 Å². The van der Waals surface area contributed by atoms with Gasteiger partial charge in [-0.25, -0.2) is 4.79 Å². The first kappa shape index (κ1) is 11.4. The number of nitrogens with zero attached hydrogens (tertiary/aromatic N) is 1. The second kappa shape index (κ2) is 3.93. The van der Waals surface area contributed by atoms with Crippen molar-refractivity contribution < 1.29 is 4.79 Å². The van der Waals surface area contributed by atoms with Gasteiger partial charge in [0.15, 0.2) is 5.78 Å². The molecule has 0 unspecified atom stereocenters. The molecule has 0 radical (unpaired) electrons. The van der Waals surface area contributed by atoms with Gasteiger partial charge in [-0.15, -0.1) is 0 Å². The van der Waals surface area contributed by atoms with E-state index in [2.05, 4.69) is 4.98 Å². The average Bonchev–Trinajstić information content (AvgIpc) is 3.15. The Balaban J connectivity index is 2.14. The number of hydrogen-bond acceptors (Lipinski definition) is 3. The molecule has 1 heterocycles. The molecule has 1 N–H and O–H groups in total. The van der Waals surface area contributed by atoms with Crippen LogP contribution in [0.4, 0.5) is 0 Å². The van der Waals surface area contributed by atoms with Crippen molar-refractivity contribution in [3.63, 3.8) is 0 Å². The first-order valence-corrected chi connectivity index (χ1v) is 6.44. The number of H-pyrrole nitrogens is 1. The SMILES string of the molecule is CC(=O)c1c[nH]c(=O)n(C(C2CC2)C2CC2)c1=O. The van der Waals surface area contributed by atoms with Gasteiger partial charge in [0.25, 0.3) is 5.56 Å². The van der Waals surface area contributed by atoms with E-state index >= 15 is 0 Å². The van der Waals surface area contributed by atoms with Crippen LogP contribution in [-0.2, 0) is 0 Å². The molecule has 2 saturated carbocycles. The fourth-order valence-electron chi connectivity index (χ4n) is 2.69. The van der Waals surface area contributed by atoms with Gasteiger partial charge in [0, 0.05) is 12.2 Å². The lowest BCUT2D eigenvalue weighted by Crippen LogP contribution is -2.41. The maximum Gasteiger partial charge on any atom is 0.328 e. The molecular formula is C13H16N2O3. The summed E-state index contributed by atoms with van der Waals surface area (Å²) in [5.74, 6) is 0.590. The zero-order valence-electron chi connectivity index (χ0n) is 10.3. The lowest BCUT2D eigenvalue weighted by atomic mass is 10.1. The number of rotatable bonds is 4. The number of aromatic nitrogens is 2. The maximum absolute atomic E-state index is 12.3. The topological polar surface area (TPSA) is 71.9 Å². The molecule has 0 bridgehead atoms. The zero-order valence-corrected chi connectivity index (χ0v) is 10.3. The van der Waals surface area contributed by atoms with Crippen molar-refractivity contribution in [2.45, 2.75) is 38.6 Å². The summed E-state index contributed by atoms with van der Waals surface area (Å²) in [5, 5.41) is 0. The van der Waals surface area contributed by atoms with E-state index in [4.69, 9.17) is 0 Å². The van der Waals surface area contributed by atoms with E-state index in [0.29, 0.717) is 11.8 Å². The van der Waals surface area contributed by atoms with Gasteiger partial charge in [0.1, 0.15) is 0 Å². The Kier molecular flexibility index (Phi) is 2.50. The van der Waals surface area contributed by atoms with Crippen LogP contribution < -0.4 is 11.2 Å². The Morgan fingerprint density at radius 1 is 1.28 bits per heavy atom. The first-order chi connectivity index (χ1) is 8.59. The van der Waals surface area contributed by atoms with Gasteiger partial charge in [0.05, 0.1) is 5.56 Å². The fraction of sp³-hybridized carbons (Fsp3) is 0.615. The molecule has 2 aliphatic carbocycles. The van der Waals surface area contributed by atoms with E-state index in [1.807, 2.05) is 0 Å². The van der Waals surface area contributed by atoms with Gasteiger partial charge in [-0.2, -0.15) is 0 Å². The highest BCUT2D eigenvalue weighted by Crippen LogP contribution is 2.51. The molecule has 0 amide bonds. The van der Waals surface area contributed by atoms with Gasteiger partial charge in [-0.3, -0.25) is 14.2 Å². The van der Waals surface area contributed by atoms with Crippen molar-refractivity contribution in [3.8, 4) is 0 Å². The summed E-state index contributed by atoms with van der Waals surface area (Å²) in [7, 11) is 0. The van der Waals surface area contributed by atoms with Crippen LogP contribution in [0.25, 0.3) is 0 Å². The second-order valence-corrected chi connectivity index (χ2v) is 5.40. The van der Waals surface area contributed by atoms with E-state index in [-0.39, 0.29) is 23.1 Å². The van der Waals surface area contributed by atoms with Crippen LogP contribution in [0.15, 0.2) is 15.8 Å². The number of carbonyl (C=O) groups excluding carboxylic acids is 1. The summed E-state index contributed by atoms with van der Waals surface area (Å²) >= 11 is 0. The van der Waals surface area contributed by atoms with Crippen molar-refractivity contribution in [1.29, 1.82) is 0 Å². The third-order valence-corrected chi connectivity index (χ3v) is 3.90. The van der Waals surface area contributed by atoms with Crippen molar-refractivity contribution in [2.75, 3.05) is 0 Å². The molecule has 1 aromatic rings. The zero-order chi connectivity index (χ0) is 12.9. The second-order valence-electron chi connectivity index (χ2n) is 5.40. The molecular weight excluding hydrogens is 232 g/mol. The monoisotopic (exact) mass is 248 g/mol. The fourth-order valence-corrected chi connectivity index (χ4v) is 2.69. The highest BCUT2D eigenvalue weighted by atomic mass is 16.2. The highest BCUT2D eigenvalue weighted by Gasteiger charge is 2.44. The maximum atomic E-state index is 12.3.